The van der Waals surface area contributed by atoms with Crippen LogP contribution in [-0.2, 0) is 11.2 Å². The molecule has 30 heavy (non-hydrogen) atoms. The Labute approximate surface area is 177 Å². The van der Waals surface area contributed by atoms with E-state index < -0.39 is 18.2 Å². The minimum absolute atomic E-state index is 0.149. The SMILES string of the molecule is O=c1c2ccc3ccccc3c2ncn1[C@H]1CCOC(Cc2ccc(Cl)nc2)[C@@H]1O. The zero-order valence-electron chi connectivity index (χ0n) is 16.1. The highest BCUT2D eigenvalue weighted by atomic mass is 35.5. The molecule has 1 aliphatic heterocycles. The molecule has 0 spiro atoms. The van der Waals surface area contributed by atoms with Crippen molar-refractivity contribution in [3.8, 4) is 0 Å². The Kier molecular flexibility index (Phi) is 4.98. The van der Waals surface area contributed by atoms with Crippen molar-refractivity contribution in [1.82, 2.24) is 14.5 Å². The van der Waals surface area contributed by atoms with E-state index in [9.17, 15) is 9.90 Å². The number of aliphatic hydroxyl groups is 1. The first-order chi connectivity index (χ1) is 14.6. The van der Waals surface area contributed by atoms with Gasteiger partial charge in [-0.3, -0.25) is 9.36 Å². The molecule has 1 fully saturated rings. The highest BCUT2D eigenvalue weighted by molar-refractivity contribution is 6.29. The molecule has 1 saturated heterocycles. The summed E-state index contributed by atoms with van der Waals surface area (Å²) in [5.41, 5.74) is 1.45. The van der Waals surface area contributed by atoms with Crippen molar-refractivity contribution in [2.24, 2.45) is 0 Å². The molecular weight excluding hydrogens is 402 g/mol. The number of benzene rings is 2. The van der Waals surface area contributed by atoms with Crippen LogP contribution in [0, 0.1) is 0 Å². The molecule has 1 aliphatic rings. The van der Waals surface area contributed by atoms with Crippen LogP contribution in [0.4, 0.5) is 0 Å². The molecule has 3 heterocycles. The molecule has 0 bridgehead atoms. The van der Waals surface area contributed by atoms with Gasteiger partial charge in [0.25, 0.3) is 5.56 Å². The van der Waals surface area contributed by atoms with Gasteiger partial charge in [0.05, 0.1) is 29.4 Å². The second-order valence-electron chi connectivity index (χ2n) is 7.59. The number of aromatic nitrogens is 3. The molecule has 1 N–H and O–H groups in total. The predicted molar refractivity (Wildman–Crippen MR) is 116 cm³/mol. The molecule has 0 saturated carbocycles. The average Bonchev–Trinajstić information content (AvgIpc) is 2.77. The summed E-state index contributed by atoms with van der Waals surface area (Å²) >= 11 is 5.85. The zero-order chi connectivity index (χ0) is 20.7. The summed E-state index contributed by atoms with van der Waals surface area (Å²) in [5, 5.41) is 14.0. The van der Waals surface area contributed by atoms with Gasteiger partial charge in [-0.2, -0.15) is 0 Å². The van der Waals surface area contributed by atoms with Crippen LogP contribution in [0.5, 0.6) is 0 Å². The molecule has 1 unspecified atom stereocenters. The first-order valence-electron chi connectivity index (χ1n) is 9.90. The topological polar surface area (TPSA) is 77.2 Å². The number of halogens is 1. The zero-order valence-corrected chi connectivity index (χ0v) is 16.9. The van der Waals surface area contributed by atoms with Gasteiger partial charge in [0.15, 0.2) is 0 Å². The van der Waals surface area contributed by atoms with Gasteiger partial charge in [-0.15, -0.1) is 0 Å². The van der Waals surface area contributed by atoms with E-state index in [1.54, 1.807) is 23.2 Å². The normalized spacial score (nSPS) is 21.9. The Morgan fingerprint density at radius 3 is 2.80 bits per heavy atom. The molecule has 0 aliphatic carbocycles. The minimum atomic E-state index is -0.841. The number of hydrogen-bond donors (Lipinski definition) is 1. The summed E-state index contributed by atoms with van der Waals surface area (Å²) in [6.45, 7) is 0.454. The van der Waals surface area contributed by atoms with Crippen molar-refractivity contribution in [2.45, 2.75) is 31.1 Å². The maximum absolute atomic E-state index is 13.3. The summed E-state index contributed by atoms with van der Waals surface area (Å²) in [5.74, 6) is 0. The number of rotatable bonds is 3. The van der Waals surface area contributed by atoms with Crippen molar-refractivity contribution in [2.75, 3.05) is 6.61 Å². The van der Waals surface area contributed by atoms with Crippen molar-refractivity contribution in [3.05, 3.63) is 82.1 Å². The van der Waals surface area contributed by atoms with E-state index in [0.717, 1.165) is 16.3 Å². The van der Waals surface area contributed by atoms with E-state index >= 15 is 0 Å². The molecule has 5 rings (SSSR count). The number of ether oxygens (including phenoxy) is 1. The number of aliphatic hydroxyl groups excluding tert-OH is 1. The second kappa shape index (κ2) is 7.80. The van der Waals surface area contributed by atoms with Gasteiger partial charge < -0.3 is 9.84 Å². The van der Waals surface area contributed by atoms with Gasteiger partial charge in [0.1, 0.15) is 11.3 Å². The van der Waals surface area contributed by atoms with E-state index in [2.05, 4.69) is 9.97 Å². The third kappa shape index (κ3) is 3.37. The van der Waals surface area contributed by atoms with Crippen LogP contribution in [0.3, 0.4) is 0 Å². The van der Waals surface area contributed by atoms with Gasteiger partial charge in [-0.05, 0) is 29.5 Å². The van der Waals surface area contributed by atoms with E-state index in [1.807, 2.05) is 42.5 Å². The lowest BCUT2D eigenvalue weighted by Crippen LogP contribution is -2.46. The van der Waals surface area contributed by atoms with Crippen LogP contribution >= 0.6 is 11.6 Å². The third-order valence-electron chi connectivity index (χ3n) is 5.78. The lowest BCUT2D eigenvalue weighted by atomic mass is 9.94. The fourth-order valence-electron chi connectivity index (χ4n) is 4.21. The van der Waals surface area contributed by atoms with E-state index in [4.69, 9.17) is 16.3 Å². The quantitative estimate of drug-likeness (QED) is 0.404. The van der Waals surface area contributed by atoms with Crippen LogP contribution in [0.1, 0.15) is 18.0 Å². The molecular formula is C23H20ClN3O3. The molecule has 4 aromatic rings. The Morgan fingerprint density at radius 2 is 1.97 bits per heavy atom. The monoisotopic (exact) mass is 421 g/mol. The Morgan fingerprint density at radius 1 is 1.10 bits per heavy atom. The van der Waals surface area contributed by atoms with Gasteiger partial charge >= 0.3 is 0 Å². The lowest BCUT2D eigenvalue weighted by Gasteiger charge is -2.35. The average molecular weight is 422 g/mol. The summed E-state index contributed by atoms with van der Waals surface area (Å²) in [6, 6.07) is 14.8. The van der Waals surface area contributed by atoms with E-state index in [1.165, 1.54) is 0 Å². The molecule has 152 valence electrons. The second-order valence-corrected chi connectivity index (χ2v) is 7.98. The molecule has 7 heteroatoms. The van der Waals surface area contributed by atoms with Crippen LogP contribution in [-0.4, -0.2) is 38.5 Å². The number of pyridine rings is 1. The Bertz CT molecular complexity index is 1270. The smallest absolute Gasteiger partial charge is 0.261 e. The number of nitrogens with zero attached hydrogens (tertiary/aromatic N) is 3. The maximum Gasteiger partial charge on any atom is 0.261 e. The van der Waals surface area contributed by atoms with Crippen LogP contribution < -0.4 is 5.56 Å². The summed E-state index contributed by atoms with van der Waals surface area (Å²) in [4.78, 5) is 21.9. The third-order valence-corrected chi connectivity index (χ3v) is 6.00. The van der Waals surface area contributed by atoms with Crippen LogP contribution in [0.2, 0.25) is 5.15 Å². The van der Waals surface area contributed by atoms with Gasteiger partial charge in [0.2, 0.25) is 0 Å². The predicted octanol–water partition coefficient (Wildman–Crippen LogP) is 3.53. The van der Waals surface area contributed by atoms with Crippen molar-refractivity contribution in [3.63, 3.8) is 0 Å². The van der Waals surface area contributed by atoms with Gasteiger partial charge in [-0.25, -0.2) is 9.97 Å². The fraction of sp³-hybridized carbons (Fsp3) is 0.261. The number of fused-ring (bicyclic) bond motifs is 3. The molecule has 2 aromatic heterocycles. The standard InChI is InChI=1S/C23H20ClN3O3/c24-20-8-5-14(12-25-20)11-19-22(28)18(9-10-30-19)27-13-26-21-16-4-2-1-3-15(16)6-7-17(21)23(27)29/h1-8,12-13,18-19,22,28H,9-11H2/t18-,19?,22+/m0/s1. The molecule has 0 amide bonds. The van der Waals surface area contributed by atoms with Crippen LogP contribution in [0.25, 0.3) is 21.7 Å². The molecule has 0 radical (unpaired) electrons. The molecule has 2 aromatic carbocycles. The Balaban J connectivity index is 1.49. The highest BCUT2D eigenvalue weighted by Gasteiger charge is 2.34. The van der Waals surface area contributed by atoms with Gasteiger partial charge in [-0.1, -0.05) is 48.0 Å². The fourth-order valence-corrected chi connectivity index (χ4v) is 4.33. The Hall–Kier alpha value is -2.80. The minimum Gasteiger partial charge on any atom is -0.388 e. The van der Waals surface area contributed by atoms with E-state index in [-0.39, 0.29) is 5.56 Å². The van der Waals surface area contributed by atoms with Crippen molar-refractivity contribution >= 4 is 33.3 Å². The first-order valence-corrected chi connectivity index (χ1v) is 10.3. The summed E-state index contributed by atoms with van der Waals surface area (Å²) < 4.78 is 7.37. The van der Waals surface area contributed by atoms with E-state index in [0.29, 0.717) is 35.5 Å². The van der Waals surface area contributed by atoms with Crippen molar-refractivity contribution < 1.29 is 9.84 Å². The summed E-state index contributed by atoms with van der Waals surface area (Å²) in [6.07, 6.45) is 2.98. The summed E-state index contributed by atoms with van der Waals surface area (Å²) in [7, 11) is 0. The number of hydrogen-bond acceptors (Lipinski definition) is 5. The van der Waals surface area contributed by atoms with Crippen molar-refractivity contribution in [1.29, 1.82) is 0 Å². The largest absolute Gasteiger partial charge is 0.388 e. The maximum atomic E-state index is 13.3. The van der Waals surface area contributed by atoms with Crippen LogP contribution in [0.15, 0.2) is 65.8 Å². The van der Waals surface area contributed by atoms with Gasteiger partial charge in [0, 0.05) is 24.6 Å². The lowest BCUT2D eigenvalue weighted by molar-refractivity contribution is -0.0998. The highest BCUT2D eigenvalue weighted by Crippen LogP contribution is 2.28. The first kappa shape index (κ1) is 19.2. The molecule has 6 nitrogen and oxygen atoms in total. The molecule has 3 atom stereocenters.